The van der Waals surface area contributed by atoms with Crippen molar-refractivity contribution in [2.45, 2.75) is 4.90 Å². The molecule has 0 saturated heterocycles. The number of hydrogen-bond donors (Lipinski definition) is 2. The van der Waals surface area contributed by atoms with Crippen molar-refractivity contribution in [3.8, 4) is 5.75 Å². The van der Waals surface area contributed by atoms with Crippen LogP contribution < -0.4 is 4.72 Å². The van der Waals surface area contributed by atoms with E-state index in [0.29, 0.717) is 0 Å². The number of rotatable bonds is 3. The first-order valence-corrected chi connectivity index (χ1v) is 6.86. The van der Waals surface area contributed by atoms with Crippen LogP contribution in [0.4, 0.5) is 10.1 Å². The molecule has 8 heteroatoms. The van der Waals surface area contributed by atoms with Crippen molar-refractivity contribution in [2.75, 3.05) is 4.72 Å². The molecule has 1 aromatic carbocycles. The maximum absolute atomic E-state index is 12.9. The van der Waals surface area contributed by atoms with Crippen LogP contribution in [0.3, 0.4) is 0 Å². The van der Waals surface area contributed by atoms with Crippen LogP contribution in [0.1, 0.15) is 0 Å². The molecule has 0 aliphatic rings. The van der Waals surface area contributed by atoms with Gasteiger partial charge in [-0.15, -0.1) is 0 Å². The van der Waals surface area contributed by atoms with Crippen LogP contribution in [0.15, 0.2) is 41.6 Å². The van der Waals surface area contributed by atoms with E-state index in [-0.39, 0.29) is 21.4 Å². The molecule has 0 saturated carbocycles. The summed E-state index contributed by atoms with van der Waals surface area (Å²) in [5, 5.41) is 9.81. The topological polar surface area (TPSA) is 79.3 Å². The first-order chi connectivity index (χ1) is 8.88. The van der Waals surface area contributed by atoms with Crippen molar-refractivity contribution in [1.82, 2.24) is 4.98 Å². The average molecular weight is 303 g/mol. The van der Waals surface area contributed by atoms with Crippen molar-refractivity contribution in [3.05, 3.63) is 47.5 Å². The maximum atomic E-state index is 12.9. The normalized spacial score (nSPS) is 11.3. The Hall–Kier alpha value is -1.86. The molecule has 1 aromatic heterocycles. The highest BCUT2D eigenvalue weighted by molar-refractivity contribution is 7.92. The van der Waals surface area contributed by atoms with Gasteiger partial charge in [-0.05, 0) is 18.2 Å². The summed E-state index contributed by atoms with van der Waals surface area (Å²) >= 11 is 5.63. The van der Waals surface area contributed by atoms with Gasteiger partial charge in [0.25, 0.3) is 10.0 Å². The summed E-state index contributed by atoms with van der Waals surface area (Å²) in [5.74, 6) is -1.11. The van der Waals surface area contributed by atoms with Crippen molar-refractivity contribution in [3.63, 3.8) is 0 Å². The van der Waals surface area contributed by atoms with Gasteiger partial charge in [-0.25, -0.2) is 12.8 Å². The Bertz CT molecular complexity index is 722. The number of aromatic hydroxyl groups is 1. The molecule has 2 N–H and O–H groups in total. The lowest BCUT2D eigenvalue weighted by Crippen LogP contribution is -2.13. The third kappa shape index (κ3) is 3.12. The van der Waals surface area contributed by atoms with Crippen LogP contribution in [0.5, 0.6) is 5.75 Å². The zero-order chi connectivity index (χ0) is 14.0. The molecule has 0 radical (unpaired) electrons. The van der Waals surface area contributed by atoms with E-state index in [2.05, 4.69) is 9.71 Å². The quantitative estimate of drug-likeness (QED) is 0.853. The van der Waals surface area contributed by atoms with E-state index in [9.17, 15) is 17.9 Å². The van der Waals surface area contributed by atoms with Gasteiger partial charge in [-0.1, -0.05) is 11.6 Å². The lowest BCUT2D eigenvalue weighted by atomic mass is 10.3. The lowest BCUT2D eigenvalue weighted by Gasteiger charge is -2.09. The van der Waals surface area contributed by atoms with Crippen molar-refractivity contribution in [1.29, 1.82) is 0 Å². The molecular formula is C11H8ClFN2O3S. The monoisotopic (exact) mass is 302 g/mol. The highest BCUT2D eigenvalue weighted by atomic mass is 35.5. The lowest BCUT2D eigenvalue weighted by molar-refractivity contribution is 0.477. The molecule has 5 nitrogen and oxygen atoms in total. The number of nitrogens with zero attached hydrogens (tertiary/aromatic N) is 1. The van der Waals surface area contributed by atoms with Crippen molar-refractivity contribution >= 4 is 27.3 Å². The fourth-order valence-corrected chi connectivity index (χ4v) is 2.55. The summed E-state index contributed by atoms with van der Waals surface area (Å²) in [5.41, 5.74) is -0.0614. The zero-order valence-corrected chi connectivity index (χ0v) is 10.9. The van der Waals surface area contributed by atoms with E-state index in [4.69, 9.17) is 11.6 Å². The Balaban J connectivity index is 2.36. The molecular weight excluding hydrogens is 295 g/mol. The highest BCUT2D eigenvalue weighted by Crippen LogP contribution is 2.28. The standard InChI is InChI=1S/C11H8ClFN2O3S/c12-7-1-2-10(11(16)3-7)15-19(17,18)9-4-8(13)5-14-6-9/h1-6,15-16H. The molecule has 0 fully saturated rings. The Morgan fingerprint density at radius 3 is 2.63 bits per heavy atom. The molecule has 0 atom stereocenters. The summed E-state index contributed by atoms with van der Waals surface area (Å²) in [7, 11) is -4.03. The minimum atomic E-state index is -4.03. The number of pyridine rings is 1. The second kappa shape index (κ2) is 5.02. The molecule has 0 aliphatic carbocycles. The fourth-order valence-electron chi connectivity index (χ4n) is 1.33. The minimum absolute atomic E-state index is 0.0614. The zero-order valence-electron chi connectivity index (χ0n) is 9.34. The smallest absolute Gasteiger partial charge is 0.263 e. The molecule has 0 aliphatic heterocycles. The van der Waals surface area contributed by atoms with E-state index in [1.807, 2.05) is 0 Å². The molecule has 2 aromatic rings. The van der Waals surface area contributed by atoms with Gasteiger partial charge in [-0.2, -0.15) is 0 Å². The number of phenols is 1. The Morgan fingerprint density at radius 2 is 2.00 bits per heavy atom. The van der Waals surface area contributed by atoms with Crippen LogP contribution in [-0.2, 0) is 10.0 Å². The predicted octanol–water partition coefficient (Wildman–Crippen LogP) is 2.38. The van der Waals surface area contributed by atoms with E-state index >= 15 is 0 Å². The highest BCUT2D eigenvalue weighted by Gasteiger charge is 2.17. The number of hydrogen-bond acceptors (Lipinski definition) is 4. The van der Waals surface area contributed by atoms with Gasteiger partial charge in [0.15, 0.2) is 0 Å². The summed E-state index contributed by atoms with van der Waals surface area (Å²) in [6.07, 6.45) is 1.89. The Kier molecular flexibility index (Phi) is 3.59. The van der Waals surface area contributed by atoms with Gasteiger partial charge in [0.1, 0.15) is 16.5 Å². The largest absolute Gasteiger partial charge is 0.506 e. The van der Waals surface area contributed by atoms with Crippen molar-refractivity contribution in [2.24, 2.45) is 0 Å². The summed E-state index contributed by atoms with van der Waals surface area (Å²) in [6, 6.07) is 4.70. The van der Waals surface area contributed by atoms with E-state index < -0.39 is 15.8 Å². The molecule has 100 valence electrons. The number of aromatic nitrogens is 1. The number of sulfonamides is 1. The number of phenolic OH excluding ortho intramolecular Hbond substituents is 1. The van der Waals surface area contributed by atoms with Gasteiger partial charge in [-0.3, -0.25) is 9.71 Å². The Labute approximate surface area is 113 Å². The summed E-state index contributed by atoms with van der Waals surface area (Å²) < 4.78 is 38.9. The molecule has 0 amide bonds. The number of benzene rings is 1. The van der Waals surface area contributed by atoms with Gasteiger partial charge in [0, 0.05) is 17.3 Å². The summed E-state index contributed by atoms with van der Waals surface area (Å²) in [4.78, 5) is 3.11. The number of nitrogens with one attached hydrogen (secondary N) is 1. The second-order valence-corrected chi connectivity index (χ2v) is 5.72. The van der Waals surface area contributed by atoms with Gasteiger partial charge in [0.05, 0.1) is 11.9 Å². The third-order valence-corrected chi connectivity index (χ3v) is 3.76. The minimum Gasteiger partial charge on any atom is -0.506 e. The molecule has 0 bridgehead atoms. The molecule has 0 unspecified atom stereocenters. The van der Waals surface area contributed by atoms with Crippen LogP contribution in [0.2, 0.25) is 5.02 Å². The number of halogens is 2. The summed E-state index contributed by atoms with van der Waals surface area (Å²) in [6.45, 7) is 0. The van der Waals surface area contributed by atoms with Crippen molar-refractivity contribution < 1.29 is 17.9 Å². The van der Waals surface area contributed by atoms with Gasteiger partial charge in [0.2, 0.25) is 0 Å². The van der Waals surface area contributed by atoms with E-state index in [1.54, 1.807) is 0 Å². The van der Waals surface area contributed by atoms with Gasteiger partial charge >= 0.3 is 0 Å². The van der Waals surface area contributed by atoms with Crippen LogP contribution >= 0.6 is 11.6 Å². The first-order valence-electron chi connectivity index (χ1n) is 5.00. The van der Waals surface area contributed by atoms with Crippen LogP contribution in [0, 0.1) is 5.82 Å². The number of anilines is 1. The Morgan fingerprint density at radius 1 is 1.26 bits per heavy atom. The first kappa shape index (κ1) is 13.6. The molecule has 2 rings (SSSR count). The molecule has 0 spiro atoms. The average Bonchev–Trinajstić information content (AvgIpc) is 2.33. The molecule has 19 heavy (non-hydrogen) atoms. The third-order valence-electron chi connectivity index (χ3n) is 2.19. The molecule has 1 heterocycles. The SMILES string of the molecule is O=S(=O)(Nc1ccc(Cl)cc1O)c1cncc(F)c1. The van der Waals surface area contributed by atoms with E-state index in [1.165, 1.54) is 18.2 Å². The van der Waals surface area contributed by atoms with E-state index in [0.717, 1.165) is 18.5 Å². The second-order valence-electron chi connectivity index (χ2n) is 3.61. The fraction of sp³-hybridized carbons (Fsp3) is 0. The van der Waals surface area contributed by atoms with Crippen LogP contribution in [-0.4, -0.2) is 18.5 Å². The maximum Gasteiger partial charge on any atom is 0.263 e. The van der Waals surface area contributed by atoms with Crippen LogP contribution in [0.25, 0.3) is 0 Å². The predicted molar refractivity (Wildman–Crippen MR) is 68.1 cm³/mol. The van der Waals surface area contributed by atoms with Gasteiger partial charge < -0.3 is 5.11 Å².